The maximum atomic E-state index is 11.8. The maximum absolute atomic E-state index is 11.8. The smallest absolute Gasteiger partial charge is 0.314 e. The van der Waals surface area contributed by atoms with Gasteiger partial charge in [-0.3, -0.25) is 4.79 Å². The zero-order chi connectivity index (χ0) is 15.0. The SMILES string of the molecule is COC1=CCC2=C(C1)CC1=C(CC=C(OC)C1)C2C(=O)O. The molecule has 0 fully saturated rings. The molecule has 21 heavy (non-hydrogen) atoms. The van der Waals surface area contributed by atoms with Crippen molar-refractivity contribution in [2.24, 2.45) is 5.92 Å². The number of carboxylic acid groups (broad SMARTS) is 1. The van der Waals surface area contributed by atoms with E-state index in [2.05, 4.69) is 0 Å². The number of methoxy groups -OCH3 is 2. The van der Waals surface area contributed by atoms with E-state index in [1.165, 1.54) is 11.1 Å². The van der Waals surface area contributed by atoms with Crippen molar-refractivity contribution in [3.63, 3.8) is 0 Å². The molecule has 0 aliphatic heterocycles. The molecule has 1 N–H and O–H groups in total. The molecule has 0 unspecified atom stereocenters. The standard InChI is InChI=1S/C17H20O4/c1-20-12-3-5-14-10(8-12)7-11-9-13(21-2)4-6-15(11)16(14)17(18)19/h3-4,16H,5-9H2,1-2H3,(H,18,19). The van der Waals surface area contributed by atoms with Crippen molar-refractivity contribution in [3.8, 4) is 0 Å². The van der Waals surface area contributed by atoms with Crippen LogP contribution in [0.4, 0.5) is 0 Å². The van der Waals surface area contributed by atoms with Crippen molar-refractivity contribution in [3.05, 3.63) is 46.0 Å². The number of carboxylic acids is 1. The summed E-state index contributed by atoms with van der Waals surface area (Å²) in [7, 11) is 3.35. The van der Waals surface area contributed by atoms with Gasteiger partial charge >= 0.3 is 5.97 Å². The number of ether oxygens (including phenoxy) is 2. The lowest BCUT2D eigenvalue weighted by molar-refractivity contribution is -0.139. The Morgan fingerprint density at radius 3 is 1.86 bits per heavy atom. The Balaban J connectivity index is 1.93. The summed E-state index contributed by atoms with van der Waals surface area (Å²) < 4.78 is 10.7. The molecule has 3 rings (SSSR count). The predicted molar refractivity (Wildman–Crippen MR) is 78.4 cm³/mol. The van der Waals surface area contributed by atoms with E-state index < -0.39 is 11.9 Å². The summed E-state index contributed by atoms with van der Waals surface area (Å²) >= 11 is 0. The summed E-state index contributed by atoms with van der Waals surface area (Å²) in [5.74, 6) is 0.687. The molecule has 0 bridgehead atoms. The van der Waals surface area contributed by atoms with Crippen molar-refractivity contribution >= 4 is 5.97 Å². The molecule has 0 heterocycles. The third kappa shape index (κ3) is 2.39. The molecule has 0 aromatic carbocycles. The third-order valence-electron chi connectivity index (χ3n) is 4.68. The van der Waals surface area contributed by atoms with Gasteiger partial charge in [0.05, 0.1) is 31.7 Å². The zero-order valence-corrected chi connectivity index (χ0v) is 12.4. The van der Waals surface area contributed by atoms with Gasteiger partial charge in [-0.25, -0.2) is 0 Å². The largest absolute Gasteiger partial charge is 0.501 e. The van der Waals surface area contributed by atoms with E-state index in [4.69, 9.17) is 9.47 Å². The van der Waals surface area contributed by atoms with Crippen LogP contribution < -0.4 is 0 Å². The molecule has 0 saturated heterocycles. The van der Waals surface area contributed by atoms with Gasteiger partial charge < -0.3 is 14.6 Å². The Hall–Kier alpha value is -1.97. The van der Waals surface area contributed by atoms with E-state index in [0.717, 1.165) is 41.9 Å². The summed E-state index contributed by atoms with van der Waals surface area (Å²) in [6.45, 7) is 0. The average molecular weight is 288 g/mol. The molecule has 0 aromatic heterocycles. The Bertz CT molecular complexity index is 558. The summed E-state index contributed by atoms with van der Waals surface area (Å²) in [5, 5.41) is 9.69. The minimum Gasteiger partial charge on any atom is -0.501 e. The van der Waals surface area contributed by atoms with Gasteiger partial charge in [-0.2, -0.15) is 0 Å². The van der Waals surface area contributed by atoms with Gasteiger partial charge in [0.15, 0.2) is 0 Å². The second-order valence-electron chi connectivity index (χ2n) is 5.72. The monoisotopic (exact) mass is 288 g/mol. The quantitative estimate of drug-likeness (QED) is 0.809. The number of carbonyl (C=O) groups is 1. The van der Waals surface area contributed by atoms with Crippen LogP contribution in [0.3, 0.4) is 0 Å². The summed E-state index contributed by atoms with van der Waals surface area (Å²) in [6.07, 6.45) is 7.73. The van der Waals surface area contributed by atoms with E-state index in [1.54, 1.807) is 14.2 Å². The molecule has 112 valence electrons. The van der Waals surface area contributed by atoms with Crippen LogP contribution in [-0.2, 0) is 14.3 Å². The molecule has 4 nitrogen and oxygen atoms in total. The molecule has 0 saturated carbocycles. The number of rotatable bonds is 3. The van der Waals surface area contributed by atoms with Crippen LogP contribution in [0.1, 0.15) is 32.1 Å². The minimum absolute atomic E-state index is 0.465. The Morgan fingerprint density at radius 2 is 1.48 bits per heavy atom. The van der Waals surface area contributed by atoms with E-state index in [1.807, 2.05) is 12.2 Å². The first-order valence-electron chi connectivity index (χ1n) is 7.24. The highest BCUT2D eigenvalue weighted by Gasteiger charge is 2.36. The number of hydrogen-bond donors (Lipinski definition) is 1. The Labute approximate surface area is 124 Å². The van der Waals surface area contributed by atoms with E-state index >= 15 is 0 Å². The van der Waals surface area contributed by atoms with E-state index in [9.17, 15) is 9.90 Å². The van der Waals surface area contributed by atoms with Crippen molar-refractivity contribution in [1.82, 2.24) is 0 Å². The third-order valence-corrected chi connectivity index (χ3v) is 4.68. The Morgan fingerprint density at radius 1 is 1.00 bits per heavy atom. The normalized spacial score (nSPS) is 22.2. The first-order chi connectivity index (χ1) is 10.1. The highest BCUT2D eigenvalue weighted by atomic mass is 16.5. The second kappa shape index (κ2) is 5.43. The average Bonchev–Trinajstić information content (AvgIpc) is 2.50. The molecule has 0 atom stereocenters. The fraction of sp³-hybridized carbons (Fsp3) is 0.471. The van der Waals surface area contributed by atoms with Crippen LogP contribution in [0, 0.1) is 5.92 Å². The Kier molecular flexibility index (Phi) is 3.62. The van der Waals surface area contributed by atoms with Crippen LogP contribution in [-0.4, -0.2) is 25.3 Å². The molecule has 0 amide bonds. The molecule has 4 heteroatoms. The highest BCUT2D eigenvalue weighted by molar-refractivity contribution is 5.79. The molecule has 3 aliphatic rings. The van der Waals surface area contributed by atoms with Crippen LogP contribution in [0.2, 0.25) is 0 Å². The van der Waals surface area contributed by atoms with Crippen molar-refractivity contribution in [2.45, 2.75) is 32.1 Å². The van der Waals surface area contributed by atoms with Gasteiger partial charge in [-0.15, -0.1) is 0 Å². The summed E-state index contributed by atoms with van der Waals surface area (Å²) in [6, 6.07) is 0. The topological polar surface area (TPSA) is 55.8 Å². The predicted octanol–water partition coefficient (Wildman–Crippen LogP) is 3.33. The van der Waals surface area contributed by atoms with Crippen molar-refractivity contribution in [2.75, 3.05) is 14.2 Å². The lowest BCUT2D eigenvalue weighted by Gasteiger charge is -2.35. The second-order valence-corrected chi connectivity index (χ2v) is 5.72. The fourth-order valence-corrected chi connectivity index (χ4v) is 3.60. The number of hydrogen-bond acceptors (Lipinski definition) is 3. The minimum atomic E-state index is -0.738. The van der Waals surface area contributed by atoms with Gasteiger partial charge in [0.25, 0.3) is 0 Å². The zero-order valence-electron chi connectivity index (χ0n) is 12.4. The summed E-state index contributed by atoms with van der Waals surface area (Å²) in [5.41, 5.74) is 4.57. The van der Waals surface area contributed by atoms with Crippen molar-refractivity contribution in [1.29, 1.82) is 0 Å². The number of allylic oxidation sites excluding steroid dienone is 4. The lowest BCUT2D eigenvalue weighted by atomic mass is 9.71. The molecular weight excluding hydrogens is 268 g/mol. The van der Waals surface area contributed by atoms with Crippen LogP contribution >= 0.6 is 0 Å². The maximum Gasteiger partial charge on any atom is 0.314 e. The first kappa shape index (κ1) is 14.0. The van der Waals surface area contributed by atoms with Gasteiger partial charge in [0.1, 0.15) is 0 Å². The molecule has 0 radical (unpaired) electrons. The van der Waals surface area contributed by atoms with Gasteiger partial charge in [-0.05, 0) is 42.6 Å². The van der Waals surface area contributed by atoms with Gasteiger partial charge in [-0.1, -0.05) is 11.1 Å². The lowest BCUT2D eigenvalue weighted by Crippen LogP contribution is -2.27. The van der Waals surface area contributed by atoms with Gasteiger partial charge in [0.2, 0.25) is 0 Å². The molecule has 0 spiro atoms. The molecule has 0 aromatic rings. The molecular formula is C17H20O4. The van der Waals surface area contributed by atoms with E-state index in [0.29, 0.717) is 12.8 Å². The first-order valence-corrected chi connectivity index (χ1v) is 7.24. The molecule has 3 aliphatic carbocycles. The van der Waals surface area contributed by atoms with Crippen LogP contribution in [0.25, 0.3) is 0 Å². The van der Waals surface area contributed by atoms with Crippen LogP contribution in [0.5, 0.6) is 0 Å². The van der Waals surface area contributed by atoms with E-state index in [-0.39, 0.29) is 0 Å². The van der Waals surface area contributed by atoms with Gasteiger partial charge in [0, 0.05) is 12.8 Å². The fourth-order valence-electron chi connectivity index (χ4n) is 3.60. The van der Waals surface area contributed by atoms with Crippen LogP contribution in [0.15, 0.2) is 46.0 Å². The highest BCUT2D eigenvalue weighted by Crippen LogP contribution is 2.46. The summed E-state index contributed by atoms with van der Waals surface area (Å²) in [4.78, 5) is 11.8. The van der Waals surface area contributed by atoms with Crippen molar-refractivity contribution < 1.29 is 19.4 Å². The number of aliphatic carboxylic acids is 1.